The first-order valence-corrected chi connectivity index (χ1v) is 7.28. The molecule has 0 spiro atoms. The molecule has 0 fully saturated rings. The molecule has 0 aromatic rings. The minimum absolute atomic E-state index is 0. The molecule has 0 aromatic carbocycles. The van der Waals surface area contributed by atoms with Gasteiger partial charge >= 0.3 is 19.5 Å². The second-order valence-corrected chi connectivity index (χ2v) is 4.62. The zero-order valence-electron chi connectivity index (χ0n) is 9.90. The van der Waals surface area contributed by atoms with E-state index in [1.165, 1.54) is 5.57 Å². The van der Waals surface area contributed by atoms with E-state index < -0.39 is 0 Å². The fourth-order valence-electron chi connectivity index (χ4n) is 1.06. The predicted molar refractivity (Wildman–Crippen MR) is 79.6 cm³/mol. The Bertz CT molecular complexity index is 268. The molecule has 0 heterocycles. The fourth-order valence-corrected chi connectivity index (χ4v) is 1.72. The molecule has 0 bridgehead atoms. The largest absolute Gasteiger partial charge is 3.00 e. The third-order valence-electron chi connectivity index (χ3n) is 1.78. The average Bonchev–Trinajstić information content (AvgIpc) is 3.05. The summed E-state index contributed by atoms with van der Waals surface area (Å²) in [5.74, 6) is 0. The minimum Gasteiger partial charge on any atom is -0.346 e. The van der Waals surface area contributed by atoms with E-state index in [1.54, 1.807) is 6.92 Å². The zero-order valence-corrected chi connectivity index (χ0v) is 14.8. The van der Waals surface area contributed by atoms with Crippen molar-refractivity contribution in [1.82, 2.24) is 0 Å². The first kappa shape index (κ1) is 19.9. The molecule has 0 N–H and O–H groups in total. The van der Waals surface area contributed by atoms with Crippen molar-refractivity contribution in [3.8, 4) is 0 Å². The van der Waals surface area contributed by atoms with E-state index in [1.807, 2.05) is 12.2 Å². The second kappa shape index (κ2) is 14.6. The SMILES string of the molecule is BrCC(Br)C1=[C-]CC=C1.[C-]1=CC=CC1.[CH2-]C.[Ru+3]. The van der Waals surface area contributed by atoms with Gasteiger partial charge in [0.1, 0.15) is 0 Å². The van der Waals surface area contributed by atoms with E-state index in [0.29, 0.717) is 4.83 Å². The molecule has 95 valence electrons. The van der Waals surface area contributed by atoms with Crippen molar-refractivity contribution < 1.29 is 19.5 Å². The molecule has 0 aliphatic heterocycles. The molecule has 2 aliphatic rings. The third kappa shape index (κ3) is 10.2. The van der Waals surface area contributed by atoms with E-state index in [-0.39, 0.29) is 19.5 Å². The van der Waals surface area contributed by atoms with Crippen LogP contribution in [0, 0.1) is 19.1 Å². The Morgan fingerprint density at radius 2 is 2.06 bits per heavy atom. The van der Waals surface area contributed by atoms with Gasteiger partial charge in [-0.3, -0.25) is 12.2 Å². The molecule has 0 saturated carbocycles. The normalized spacial score (nSPS) is 16.1. The van der Waals surface area contributed by atoms with Crippen molar-refractivity contribution in [2.45, 2.75) is 24.6 Å². The van der Waals surface area contributed by atoms with E-state index in [9.17, 15) is 0 Å². The van der Waals surface area contributed by atoms with Crippen molar-refractivity contribution in [2.24, 2.45) is 0 Å². The maximum Gasteiger partial charge on any atom is 3.00 e. The van der Waals surface area contributed by atoms with Crippen LogP contribution in [0.4, 0.5) is 0 Å². The number of allylic oxidation sites excluding steroid dienone is 8. The van der Waals surface area contributed by atoms with Crippen LogP contribution in [0.3, 0.4) is 0 Å². The van der Waals surface area contributed by atoms with Crippen LogP contribution in [0.25, 0.3) is 0 Å². The molecule has 0 nitrogen and oxygen atoms in total. The van der Waals surface area contributed by atoms with E-state index in [0.717, 1.165) is 18.2 Å². The molecule has 0 aromatic heterocycles. The van der Waals surface area contributed by atoms with Gasteiger partial charge < -0.3 is 6.92 Å². The van der Waals surface area contributed by atoms with Gasteiger partial charge in [0.2, 0.25) is 0 Å². The number of hydrogen-bond donors (Lipinski definition) is 0. The van der Waals surface area contributed by atoms with Gasteiger partial charge in [-0.1, -0.05) is 31.9 Å². The zero-order chi connectivity index (χ0) is 12.2. The van der Waals surface area contributed by atoms with Crippen LogP contribution >= 0.6 is 31.9 Å². The van der Waals surface area contributed by atoms with Crippen LogP contribution in [-0.4, -0.2) is 10.2 Å². The van der Waals surface area contributed by atoms with Crippen LogP contribution in [0.15, 0.2) is 36.0 Å². The summed E-state index contributed by atoms with van der Waals surface area (Å²) in [5.41, 5.74) is 1.27. The summed E-state index contributed by atoms with van der Waals surface area (Å²) >= 11 is 6.89. The maximum atomic E-state index is 3.51. The van der Waals surface area contributed by atoms with E-state index >= 15 is 0 Å². The number of alkyl halides is 2. The monoisotopic (exact) mass is 445 g/mol. The van der Waals surface area contributed by atoms with Gasteiger partial charge in [-0.05, 0) is 0 Å². The Morgan fingerprint density at radius 3 is 2.35 bits per heavy atom. The molecule has 1 unspecified atom stereocenters. The van der Waals surface area contributed by atoms with Crippen molar-refractivity contribution in [2.75, 3.05) is 5.33 Å². The number of hydrogen-bond acceptors (Lipinski definition) is 0. The first-order chi connectivity index (χ1) is 7.84. The van der Waals surface area contributed by atoms with Crippen LogP contribution < -0.4 is 0 Å². The van der Waals surface area contributed by atoms with Gasteiger partial charge in [-0.15, -0.1) is 12.8 Å². The Labute approximate surface area is 135 Å². The van der Waals surface area contributed by atoms with Crippen LogP contribution in [0.1, 0.15) is 19.8 Å². The van der Waals surface area contributed by atoms with Gasteiger partial charge in [0.15, 0.2) is 0 Å². The predicted octanol–water partition coefficient (Wildman–Crippen LogP) is 4.98. The molecule has 2 rings (SSSR count). The van der Waals surface area contributed by atoms with Gasteiger partial charge in [0.05, 0.1) is 0 Å². The van der Waals surface area contributed by atoms with Crippen LogP contribution in [-0.2, 0) is 19.5 Å². The Hall–Kier alpha value is 0.543. The first-order valence-electron chi connectivity index (χ1n) is 5.24. The fraction of sp³-hybridized carbons (Fsp3) is 0.357. The Morgan fingerprint density at radius 1 is 1.35 bits per heavy atom. The molecule has 0 amide bonds. The molecular formula is C14H17Br2Ru. The smallest absolute Gasteiger partial charge is 0.346 e. The second-order valence-electron chi connectivity index (χ2n) is 2.86. The third-order valence-corrected chi connectivity index (χ3v) is 4.11. The molecular weight excluding hydrogens is 429 g/mol. The topological polar surface area (TPSA) is 0 Å². The molecule has 1 atom stereocenters. The standard InChI is InChI=1S/C7H7Br2.C5H5.C2H5.Ru/c8-5-7(9)6-3-1-2-4-6;1-2-4-5-3-1;1-2;/h1,3,7H,2,5H2;1-3H,4H2;1H2,2H3;/q3*-1;+3. The molecule has 3 heteroatoms. The minimum atomic E-state index is 0. The van der Waals surface area contributed by atoms with Gasteiger partial charge in [-0.25, -0.2) is 23.8 Å². The van der Waals surface area contributed by atoms with Gasteiger partial charge in [-0.2, -0.15) is 19.1 Å². The summed E-state index contributed by atoms with van der Waals surface area (Å²) in [7, 11) is 0. The van der Waals surface area contributed by atoms with E-state index in [4.69, 9.17) is 0 Å². The summed E-state index contributed by atoms with van der Waals surface area (Å²) in [6.07, 6.45) is 18.4. The van der Waals surface area contributed by atoms with E-state index in [2.05, 4.69) is 69.2 Å². The molecule has 17 heavy (non-hydrogen) atoms. The summed E-state index contributed by atoms with van der Waals surface area (Å²) < 4.78 is 0. The molecule has 2 aliphatic carbocycles. The summed E-state index contributed by atoms with van der Waals surface area (Å²) in [6.45, 7) is 5.00. The quantitative estimate of drug-likeness (QED) is 0.319. The Kier molecular flexibility index (Phi) is 17.1. The molecule has 0 saturated heterocycles. The summed E-state index contributed by atoms with van der Waals surface area (Å²) in [6, 6.07) is 0. The van der Waals surface area contributed by atoms with Crippen molar-refractivity contribution in [1.29, 1.82) is 0 Å². The number of rotatable bonds is 2. The average molecular weight is 446 g/mol. The maximum absolute atomic E-state index is 3.51. The van der Waals surface area contributed by atoms with Crippen molar-refractivity contribution >= 4 is 31.9 Å². The van der Waals surface area contributed by atoms with Gasteiger partial charge in [0, 0.05) is 10.2 Å². The summed E-state index contributed by atoms with van der Waals surface area (Å²) in [5, 5.41) is 0.958. The molecule has 1 radical (unpaired) electrons. The van der Waals surface area contributed by atoms with Crippen LogP contribution in [0.5, 0.6) is 0 Å². The van der Waals surface area contributed by atoms with Gasteiger partial charge in [0.25, 0.3) is 0 Å². The number of halogens is 2. The van der Waals surface area contributed by atoms with Crippen molar-refractivity contribution in [3.63, 3.8) is 0 Å². The van der Waals surface area contributed by atoms with Crippen molar-refractivity contribution in [3.05, 3.63) is 55.0 Å². The van der Waals surface area contributed by atoms with Crippen LogP contribution in [0.2, 0.25) is 0 Å². The summed E-state index contributed by atoms with van der Waals surface area (Å²) in [4.78, 5) is 0.441. The Balaban J connectivity index is 0.